The highest BCUT2D eigenvalue weighted by molar-refractivity contribution is 9.10. The number of hydrogen-bond acceptors (Lipinski definition) is 1. The molecule has 2 rings (SSSR count). The van der Waals surface area contributed by atoms with Crippen LogP contribution in [0.3, 0.4) is 0 Å². The minimum absolute atomic E-state index is 0.407. The standard InChI is InChI=1S/C10H9BrN2O/c1-13-8(10(12)14)5-6-3-2-4-7(11)9(6)13/h2-5H,1H3,(H2,12,14). The molecule has 2 N–H and O–H groups in total. The number of carbonyl (C=O) groups is 1. The van der Waals surface area contributed by atoms with E-state index in [2.05, 4.69) is 15.9 Å². The summed E-state index contributed by atoms with van der Waals surface area (Å²) < 4.78 is 2.76. The first-order chi connectivity index (χ1) is 6.61. The zero-order chi connectivity index (χ0) is 10.3. The van der Waals surface area contributed by atoms with Gasteiger partial charge in [0.1, 0.15) is 5.69 Å². The predicted molar refractivity (Wildman–Crippen MR) is 59.1 cm³/mol. The van der Waals surface area contributed by atoms with Crippen LogP contribution in [-0.2, 0) is 7.05 Å². The van der Waals surface area contributed by atoms with E-state index in [0.717, 1.165) is 15.4 Å². The van der Waals surface area contributed by atoms with Gasteiger partial charge in [0, 0.05) is 16.9 Å². The monoisotopic (exact) mass is 252 g/mol. The molecule has 2 aromatic rings. The van der Waals surface area contributed by atoms with E-state index in [1.54, 1.807) is 10.6 Å². The van der Waals surface area contributed by atoms with Crippen LogP contribution in [0.25, 0.3) is 10.9 Å². The molecule has 1 amide bonds. The first-order valence-electron chi connectivity index (χ1n) is 4.15. The molecule has 1 aromatic heterocycles. The first kappa shape index (κ1) is 9.27. The highest BCUT2D eigenvalue weighted by Crippen LogP contribution is 2.26. The number of aromatic nitrogens is 1. The number of amides is 1. The molecule has 0 aliphatic heterocycles. The van der Waals surface area contributed by atoms with E-state index < -0.39 is 5.91 Å². The molecule has 1 aromatic carbocycles. The average Bonchev–Trinajstić information content (AvgIpc) is 2.45. The number of carbonyl (C=O) groups excluding carboxylic acids is 1. The second-order valence-corrected chi connectivity index (χ2v) is 3.98. The van der Waals surface area contributed by atoms with Crippen molar-refractivity contribution in [1.82, 2.24) is 4.57 Å². The molecule has 72 valence electrons. The molecule has 4 heteroatoms. The predicted octanol–water partition coefficient (Wildman–Crippen LogP) is 2.04. The lowest BCUT2D eigenvalue weighted by molar-refractivity contribution is 0.0993. The normalized spacial score (nSPS) is 10.7. The van der Waals surface area contributed by atoms with Crippen molar-refractivity contribution in [3.05, 3.63) is 34.4 Å². The van der Waals surface area contributed by atoms with E-state index in [1.807, 2.05) is 25.2 Å². The summed E-state index contributed by atoms with van der Waals surface area (Å²) in [5, 5.41) is 1.01. The lowest BCUT2D eigenvalue weighted by atomic mass is 10.2. The van der Waals surface area contributed by atoms with Gasteiger partial charge in [-0.25, -0.2) is 0 Å². The van der Waals surface area contributed by atoms with Crippen molar-refractivity contribution >= 4 is 32.7 Å². The molecule has 0 aliphatic carbocycles. The molecule has 3 nitrogen and oxygen atoms in total. The van der Waals surface area contributed by atoms with Gasteiger partial charge in [-0.1, -0.05) is 12.1 Å². The molecule has 1 heterocycles. The van der Waals surface area contributed by atoms with Gasteiger partial charge in [-0.05, 0) is 28.1 Å². The van der Waals surface area contributed by atoms with E-state index in [9.17, 15) is 4.79 Å². The van der Waals surface area contributed by atoms with Gasteiger partial charge < -0.3 is 10.3 Å². The minimum Gasteiger partial charge on any atom is -0.364 e. The number of hydrogen-bond donors (Lipinski definition) is 1. The zero-order valence-corrected chi connectivity index (χ0v) is 9.21. The summed E-state index contributed by atoms with van der Waals surface area (Å²) in [6.45, 7) is 0. The molecule has 0 aliphatic rings. The van der Waals surface area contributed by atoms with Crippen molar-refractivity contribution < 1.29 is 4.79 Å². The number of nitrogens with two attached hydrogens (primary N) is 1. The maximum Gasteiger partial charge on any atom is 0.265 e. The molecular formula is C10H9BrN2O. The smallest absolute Gasteiger partial charge is 0.265 e. The largest absolute Gasteiger partial charge is 0.364 e. The SMILES string of the molecule is Cn1c(C(N)=O)cc2cccc(Br)c21. The minimum atomic E-state index is -0.407. The Morgan fingerprint density at radius 1 is 1.50 bits per heavy atom. The van der Waals surface area contributed by atoms with Gasteiger partial charge in [-0.3, -0.25) is 4.79 Å². The Bertz CT molecular complexity index is 516. The van der Waals surface area contributed by atoms with E-state index >= 15 is 0 Å². The fourth-order valence-electron chi connectivity index (χ4n) is 1.60. The van der Waals surface area contributed by atoms with Crippen LogP contribution in [0.15, 0.2) is 28.7 Å². The van der Waals surface area contributed by atoms with Gasteiger partial charge >= 0.3 is 0 Å². The first-order valence-corrected chi connectivity index (χ1v) is 4.94. The van der Waals surface area contributed by atoms with E-state index in [1.165, 1.54) is 0 Å². The number of aryl methyl sites for hydroxylation is 1. The summed E-state index contributed by atoms with van der Waals surface area (Å²) in [5.41, 5.74) is 6.76. The Kier molecular flexibility index (Phi) is 2.07. The Morgan fingerprint density at radius 3 is 2.79 bits per heavy atom. The molecule has 0 unspecified atom stereocenters. The fraction of sp³-hybridized carbons (Fsp3) is 0.100. The maximum absolute atomic E-state index is 11.1. The average molecular weight is 253 g/mol. The van der Waals surface area contributed by atoms with Crippen molar-refractivity contribution in [1.29, 1.82) is 0 Å². The summed E-state index contributed by atoms with van der Waals surface area (Å²) in [7, 11) is 1.83. The Labute approximate surface area is 89.6 Å². The highest BCUT2D eigenvalue weighted by atomic mass is 79.9. The van der Waals surface area contributed by atoms with Gasteiger partial charge in [0.15, 0.2) is 0 Å². The Morgan fingerprint density at radius 2 is 2.21 bits per heavy atom. The van der Waals surface area contributed by atoms with Crippen molar-refractivity contribution in [2.24, 2.45) is 12.8 Å². The van der Waals surface area contributed by atoms with Crippen LogP contribution in [0, 0.1) is 0 Å². The van der Waals surface area contributed by atoms with Crippen LogP contribution >= 0.6 is 15.9 Å². The summed E-state index contributed by atoms with van der Waals surface area (Å²) in [4.78, 5) is 11.1. The lowest BCUT2D eigenvalue weighted by Gasteiger charge is -2.01. The third-order valence-electron chi connectivity index (χ3n) is 2.26. The second kappa shape index (κ2) is 3.13. The zero-order valence-electron chi connectivity index (χ0n) is 7.62. The van der Waals surface area contributed by atoms with Crippen molar-refractivity contribution in [2.75, 3.05) is 0 Å². The number of halogens is 1. The van der Waals surface area contributed by atoms with Gasteiger partial charge in [0.2, 0.25) is 0 Å². The quantitative estimate of drug-likeness (QED) is 0.830. The fourth-order valence-corrected chi connectivity index (χ4v) is 2.25. The van der Waals surface area contributed by atoms with Crippen LogP contribution in [0.5, 0.6) is 0 Å². The molecule has 14 heavy (non-hydrogen) atoms. The summed E-state index contributed by atoms with van der Waals surface area (Å²) >= 11 is 3.44. The number of benzene rings is 1. The topological polar surface area (TPSA) is 48.0 Å². The van der Waals surface area contributed by atoms with E-state index in [-0.39, 0.29) is 0 Å². The van der Waals surface area contributed by atoms with Gasteiger partial charge in [0.05, 0.1) is 5.52 Å². The highest BCUT2D eigenvalue weighted by Gasteiger charge is 2.11. The van der Waals surface area contributed by atoms with Crippen LogP contribution in [-0.4, -0.2) is 10.5 Å². The number of para-hydroxylation sites is 1. The van der Waals surface area contributed by atoms with Crippen molar-refractivity contribution in [2.45, 2.75) is 0 Å². The number of primary amides is 1. The third-order valence-corrected chi connectivity index (χ3v) is 2.90. The molecule has 0 bridgehead atoms. The van der Waals surface area contributed by atoms with Gasteiger partial charge in [-0.15, -0.1) is 0 Å². The molecule has 0 radical (unpaired) electrons. The number of nitrogens with zero attached hydrogens (tertiary/aromatic N) is 1. The van der Waals surface area contributed by atoms with Crippen molar-refractivity contribution in [3.63, 3.8) is 0 Å². The second-order valence-electron chi connectivity index (χ2n) is 3.13. The van der Waals surface area contributed by atoms with Crippen LogP contribution in [0.1, 0.15) is 10.5 Å². The van der Waals surface area contributed by atoms with Gasteiger partial charge in [0.25, 0.3) is 5.91 Å². The van der Waals surface area contributed by atoms with E-state index in [4.69, 9.17) is 5.73 Å². The summed E-state index contributed by atoms with van der Waals surface area (Å²) in [6, 6.07) is 7.61. The van der Waals surface area contributed by atoms with Gasteiger partial charge in [-0.2, -0.15) is 0 Å². The molecular weight excluding hydrogens is 244 g/mol. The molecule has 0 fully saturated rings. The molecule has 0 spiro atoms. The number of fused-ring (bicyclic) bond motifs is 1. The van der Waals surface area contributed by atoms with Crippen LogP contribution in [0.2, 0.25) is 0 Å². The maximum atomic E-state index is 11.1. The third kappa shape index (κ3) is 1.23. The summed E-state index contributed by atoms with van der Waals surface area (Å²) in [6.07, 6.45) is 0. The molecule has 0 saturated heterocycles. The van der Waals surface area contributed by atoms with Crippen LogP contribution in [0.4, 0.5) is 0 Å². The Balaban J connectivity index is 2.87. The van der Waals surface area contributed by atoms with Crippen molar-refractivity contribution in [3.8, 4) is 0 Å². The van der Waals surface area contributed by atoms with E-state index in [0.29, 0.717) is 5.69 Å². The lowest BCUT2D eigenvalue weighted by Crippen LogP contribution is -2.14. The number of rotatable bonds is 1. The Hall–Kier alpha value is -1.29. The molecule has 0 atom stereocenters. The van der Waals surface area contributed by atoms with Crippen LogP contribution < -0.4 is 5.73 Å². The molecule has 0 saturated carbocycles. The summed E-state index contributed by atoms with van der Waals surface area (Å²) in [5.74, 6) is -0.407.